The van der Waals surface area contributed by atoms with Crippen LogP contribution in [0.4, 0.5) is 0 Å². The van der Waals surface area contributed by atoms with Crippen molar-refractivity contribution < 1.29 is 4.79 Å². The normalized spacial score (nSPS) is 29.2. The molecule has 1 heterocycles. The largest absolute Gasteiger partial charge is 0.359 e. The lowest BCUT2D eigenvalue weighted by molar-refractivity contribution is -0.121. The Balaban J connectivity index is 1.34. The molecular weight excluding hydrogens is 274 g/mol. The minimum Gasteiger partial charge on any atom is -0.359 e. The van der Waals surface area contributed by atoms with E-state index in [1.165, 1.54) is 32.1 Å². The van der Waals surface area contributed by atoms with Crippen LogP contribution in [0.5, 0.6) is 0 Å². The summed E-state index contributed by atoms with van der Waals surface area (Å²) in [5.41, 5.74) is 1.56. The molecule has 0 radical (unpaired) electrons. The van der Waals surface area contributed by atoms with E-state index >= 15 is 0 Å². The van der Waals surface area contributed by atoms with Gasteiger partial charge >= 0.3 is 0 Å². The maximum Gasteiger partial charge on any atom is 0.221 e. The summed E-state index contributed by atoms with van der Waals surface area (Å²) in [7, 11) is 1.71. The fraction of sp³-hybridized carbons (Fsp3) is 0.722. The van der Waals surface area contributed by atoms with Gasteiger partial charge < -0.3 is 15.5 Å². The van der Waals surface area contributed by atoms with E-state index in [1.807, 2.05) is 0 Å². The first-order chi connectivity index (χ1) is 10.8. The van der Waals surface area contributed by atoms with E-state index < -0.39 is 0 Å². The molecule has 0 aromatic rings. The Labute approximate surface area is 134 Å². The standard InChI is InChI=1S/C18H29N3O/c1-19-18(22)9-12-21-10-7-15(8-11-21)20-17-13-16(17)14-5-3-2-4-6-14/h3,5-6,15-17,20H,2,4,7-13H2,1H3,(H,19,22)/t16?,17-/m1/s1. The lowest BCUT2D eigenvalue weighted by atomic mass is 10.0. The third-order valence-corrected chi connectivity index (χ3v) is 5.21. The summed E-state index contributed by atoms with van der Waals surface area (Å²) in [4.78, 5) is 13.7. The fourth-order valence-electron chi connectivity index (χ4n) is 3.67. The number of hydrogen-bond donors (Lipinski definition) is 2. The second kappa shape index (κ2) is 7.42. The Morgan fingerprint density at radius 1 is 1.32 bits per heavy atom. The maximum absolute atomic E-state index is 11.3. The van der Waals surface area contributed by atoms with Crippen LogP contribution in [0, 0.1) is 5.92 Å². The van der Waals surface area contributed by atoms with Crippen molar-refractivity contribution in [3.05, 3.63) is 23.8 Å². The van der Waals surface area contributed by atoms with Crippen molar-refractivity contribution in [2.45, 2.75) is 50.6 Å². The second-order valence-corrected chi connectivity index (χ2v) is 6.84. The third-order valence-electron chi connectivity index (χ3n) is 5.21. The summed E-state index contributed by atoms with van der Waals surface area (Å²) in [6, 6.07) is 1.37. The summed E-state index contributed by atoms with van der Waals surface area (Å²) in [6.07, 6.45) is 13.9. The van der Waals surface area contributed by atoms with Crippen LogP contribution in [0.25, 0.3) is 0 Å². The first-order valence-corrected chi connectivity index (χ1v) is 8.82. The fourth-order valence-corrected chi connectivity index (χ4v) is 3.67. The highest BCUT2D eigenvalue weighted by Crippen LogP contribution is 2.40. The van der Waals surface area contributed by atoms with Crippen molar-refractivity contribution in [2.24, 2.45) is 5.92 Å². The Kier molecular flexibility index (Phi) is 5.32. The average molecular weight is 303 g/mol. The van der Waals surface area contributed by atoms with Crippen LogP contribution in [0.3, 0.4) is 0 Å². The van der Waals surface area contributed by atoms with Gasteiger partial charge in [0.15, 0.2) is 0 Å². The van der Waals surface area contributed by atoms with Crippen molar-refractivity contribution >= 4 is 5.91 Å². The van der Waals surface area contributed by atoms with Crippen LogP contribution in [0.1, 0.15) is 38.5 Å². The number of allylic oxidation sites excluding steroid dienone is 3. The molecule has 0 aromatic heterocycles. The van der Waals surface area contributed by atoms with Gasteiger partial charge in [-0.1, -0.05) is 18.2 Å². The zero-order valence-corrected chi connectivity index (χ0v) is 13.7. The highest BCUT2D eigenvalue weighted by Gasteiger charge is 2.40. The minimum absolute atomic E-state index is 0.148. The summed E-state index contributed by atoms with van der Waals surface area (Å²) >= 11 is 0. The molecule has 0 bridgehead atoms. The number of likely N-dealkylation sites (tertiary alicyclic amines) is 1. The number of carbonyl (C=O) groups excluding carboxylic acids is 1. The summed E-state index contributed by atoms with van der Waals surface area (Å²) < 4.78 is 0. The maximum atomic E-state index is 11.3. The van der Waals surface area contributed by atoms with Gasteiger partial charge in [0, 0.05) is 38.0 Å². The average Bonchev–Trinajstić information content (AvgIpc) is 3.34. The molecule has 122 valence electrons. The molecule has 1 aliphatic heterocycles. The van der Waals surface area contributed by atoms with Crippen molar-refractivity contribution in [3.8, 4) is 0 Å². The van der Waals surface area contributed by atoms with Crippen molar-refractivity contribution in [3.63, 3.8) is 0 Å². The number of amides is 1. The van der Waals surface area contributed by atoms with Gasteiger partial charge in [0.1, 0.15) is 0 Å². The van der Waals surface area contributed by atoms with E-state index in [0.29, 0.717) is 18.5 Å². The highest BCUT2D eigenvalue weighted by molar-refractivity contribution is 5.75. The lowest BCUT2D eigenvalue weighted by Crippen LogP contribution is -2.44. The van der Waals surface area contributed by atoms with E-state index in [2.05, 4.69) is 33.8 Å². The smallest absolute Gasteiger partial charge is 0.221 e. The molecule has 1 saturated heterocycles. The monoisotopic (exact) mass is 303 g/mol. The number of nitrogens with zero attached hydrogens (tertiary/aromatic N) is 1. The Morgan fingerprint density at radius 2 is 2.14 bits per heavy atom. The highest BCUT2D eigenvalue weighted by atomic mass is 16.1. The number of nitrogens with one attached hydrogen (secondary N) is 2. The van der Waals surface area contributed by atoms with Crippen LogP contribution in [-0.2, 0) is 4.79 Å². The molecule has 3 rings (SSSR count). The summed E-state index contributed by atoms with van der Waals surface area (Å²) in [6.45, 7) is 3.14. The molecule has 2 aliphatic carbocycles. The van der Waals surface area contributed by atoms with Gasteiger partial charge in [0.2, 0.25) is 5.91 Å². The van der Waals surface area contributed by atoms with Crippen molar-refractivity contribution in [2.75, 3.05) is 26.7 Å². The molecule has 22 heavy (non-hydrogen) atoms. The van der Waals surface area contributed by atoms with E-state index in [4.69, 9.17) is 0 Å². The number of piperidine rings is 1. The van der Waals surface area contributed by atoms with Crippen molar-refractivity contribution in [1.82, 2.24) is 15.5 Å². The Morgan fingerprint density at radius 3 is 2.82 bits per heavy atom. The van der Waals surface area contributed by atoms with E-state index in [1.54, 1.807) is 12.6 Å². The minimum atomic E-state index is 0.148. The van der Waals surface area contributed by atoms with E-state index in [0.717, 1.165) is 25.6 Å². The molecule has 2 atom stereocenters. The third kappa shape index (κ3) is 4.20. The van der Waals surface area contributed by atoms with Crippen LogP contribution in [0.15, 0.2) is 23.8 Å². The molecule has 1 unspecified atom stereocenters. The molecule has 1 amide bonds. The summed E-state index contributed by atoms with van der Waals surface area (Å²) in [5.74, 6) is 0.915. The first kappa shape index (κ1) is 15.8. The Hall–Kier alpha value is -1.13. The van der Waals surface area contributed by atoms with Gasteiger partial charge in [0.05, 0.1) is 0 Å². The predicted octanol–water partition coefficient (Wildman–Crippen LogP) is 1.84. The van der Waals surface area contributed by atoms with Crippen LogP contribution in [-0.4, -0.2) is 49.6 Å². The number of rotatable bonds is 6. The molecule has 4 heteroatoms. The summed E-state index contributed by atoms with van der Waals surface area (Å²) in [5, 5.41) is 6.55. The van der Waals surface area contributed by atoms with Gasteiger partial charge in [-0.2, -0.15) is 0 Å². The van der Waals surface area contributed by atoms with E-state index in [9.17, 15) is 4.79 Å². The van der Waals surface area contributed by atoms with Crippen LogP contribution >= 0.6 is 0 Å². The molecule has 4 nitrogen and oxygen atoms in total. The number of carbonyl (C=O) groups is 1. The lowest BCUT2D eigenvalue weighted by Gasteiger charge is -2.32. The molecule has 1 saturated carbocycles. The van der Waals surface area contributed by atoms with Crippen molar-refractivity contribution in [1.29, 1.82) is 0 Å². The van der Waals surface area contributed by atoms with Gasteiger partial charge in [-0.3, -0.25) is 4.79 Å². The zero-order chi connectivity index (χ0) is 15.4. The molecular formula is C18H29N3O. The van der Waals surface area contributed by atoms with E-state index in [-0.39, 0.29) is 5.91 Å². The van der Waals surface area contributed by atoms with Gasteiger partial charge in [0.25, 0.3) is 0 Å². The number of hydrogen-bond acceptors (Lipinski definition) is 3. The second-order valence-electron chi connectivity index (χ2n) is 6.84. The molecule has 2 fully saturated rings. The van der Waals surface area contributed by atoms with Gasteiger partial charge in [-0.05, 0) is 50.8 Å². The SMILES string of the molecule is CNC(=O)CCN1CCC(N[C@@H]2CC2C2=CCCC=C2)CC1. The van der Waals surface area contributed by atoms with Crippen LogP contribution in [0.2, 0.25) is 0 Å². The molecule has 2 N–H and O–H groups in total. The van der Waals surface area contributed by atoms with Crippen LogP contribution < -0.4 is 10.6 Å². The predicted molar refractivity (Wildman–Crippen MR) is 89.6 cm³/mol. The van der Waals surface area contributed by atoms with Gasteiger partial charge in [-0.15, -0.1) is 0 Å². The molecule has 3 aliphatic rings. The quantitative estimate of drug-likeness (QED) is 0.787. The molecule has 0 aromatic carbocycles. The van der Waals surface area contributed by atoms with Gasteiger partial charge in [-0.25, -0.2) is 0 Å². The topological polar surface area (TPSA) is 44.4 Å². The zero-order valence-electron chi connectivity index (χ0n) is 13.7. The first-order valence-electron chi connectivity index (χ1n) is 8.82. The Bertz CT molecular complexity index is 449. The molecule has 0 spiro atoms.